The highest BCUT2D eigenvalue weighted by Gasteiger charge is 2.44. The molecule has 0 amide bonds. The molecule has 1 fully saturated rings. The largest absolute Gasteiger partial charge is 0.457 e. The fraction of sp³-hybridized carbons (Fsp3) is 0.860. The van der Waals surface area contributed by atoms with E-state index in [0.29, 0.717) is 13.0 Å². The molecule has 1 saturated heterocycles. The average Bonchev–Trinajstić information content (AvgIpc) is 3.24. The van der Waals surface area contributed by atoms with Crippen LogP contribution in [0.1, 0.15) is 213 Å². The molecule has 9 nitrogen and oxygen atoms in total. The molecule has 0 aromatic rings. The molecule has 0 aliphatic carbocycles. The van der Waals surface area contributed by atoms with Gasteiger partial charge in [0.1, 0.15) is 30.5 Å². The van der Waals surface area contributed by atoms with E-state index < -0.39 is 43.4 Å². The smallest absolute Gasteiger partial charge is 0.306 e. The van der Waals surface area contributed by atoms with Gasteiger partial charge in [0.25, 0.3) is 0 Å². The summed E-state index contributed by atoms with van der Waals surface area (Å²) in [6.45, 7) is 4.53. The minimum absolute atomic E-state index is 0.115. The Kier molecular flexibility index (Phi) is 39.2. The Morgan fingerprint density at radius 1 is 0.542 bits per heavy atom. The highest BCUT2D eigenvalue weighted by molar-refractivity contribution is 5.69. The number of carbonyl (C=O) groups excluding carboxylic acids is 1. The summed E-state index contributed by atoms with van der Waals surface area (Å²) in [5.41, 5.74) is 0. The second kappa shape index (κ2) is 41.7. The van der Waals surface area contributed by atoms with Crippen molar-refractivity contribution in [2.45, 2.75) is 250 Å². The van der Waals surface area contributed by atoms with E-state index >= 15 is 0 Å². The molecule has 0 aromatic heterocycles. The number of aliphatic hydroxyl groups is 4. The molecule has 6 atom stereocenters. The van der Waals surface area contributed by atoms with Gasteiger partial charge >= 0.3 is 5.97 Å². The highest BCUT2D eigenvalue weighted by atomic mass is 16.7. The molecule has 0 radical (unpaired) electrons. The fourth-order valence-corrected chi connectivity index (χ4v) is 7.40. The molecule has 1 aliphatic rings. The molecule has 0 spiro atoms. The lowest BCUT2D eigenvalue weighted by atomic mass is 9.99. The van der Waals surface area contributed by atoms with Crippen molar-refractivity contribution in [3.63, 3.8) is 0 Å². The summed E-state index contributed by atoms with van der Waals surface area (Å²) >= 11 is 0. The van der Waals surface area contributed by atoms with Crippen molar-refractivity contribution in [1.29, 1.82) is 0 Å². The highest BCUT2D eigenvalue weighted by Crippen LogP contribution is 2.23. The van der Waals surface area contributed by atoms with E-state index in [-0.39, 0.29) is 19.2 Å². The van der Waals surface area contributed by atoms with Gasteiger partial charge in [0.2, 0.25) is 0 Å². The maximum Gasteiger partial charge on any atom is 0.306 e. The standard InChI is InChI=1S/C50H92O9/c1-3-5-7-9-11-13-15-17-18-19-20-21-22-23-24-25-26-27-29-31-33-35-37-39-46(52)58-44(43-57-50-49(55)48(54)47(53)45(41-51)59-50)42-56-40-38-36-34-32-30-28-16-14-12-10-8-6-4-2/h12,14-15,17,19-20,44-45,47-51,53-55H,3-11,13,16,18,21-43H2,1-2H3/b14-12-,17-15-,20-19-. The molecule has 4 N–H and O–H groups in total. The summed E-state index contributed by atoms with van der Waals surface area (Å²) < 4.78 is 22.8. The van der Waals surface area contributed by atoms with Crippen molar-refractivity contribution in [3.05, 3.63) is 36.5 Å². The maximum atomic E-state index is 12.8. The normalized spacial score (nSPS) is 20.4. The SMILES string of the molecule is CCCCC/C=C\CCCCCCCCOCC(COC1OC(CO)C(O)C(O)C1O)OC(=O)CCCCCCCCCCCCC/C=C\C/C=C\CCCCCCC. The van der Waals surface area contributed by atoms with Gasteiger partial charge in [0, 0.05) is 13.0 Å². The molecule has 0 bridgehead atoms. The van der Waals surface area contributed by atoms with Crippen LogP contribution in [-0.4, -0.2) is 89.6 Å². The Morgan fingerprint density at radius 2 is 0.983 bits per heavy atom. The van der Waals surface area contributed by atoms with E-state index in [1.807, 2.05) is 0 Å². The number of hydrogen-bond acceptors (Lipinski definition) is 9. The minimum Gasteiger partial charge on any atom is -0.457 e. The lowest BCUT2D eigenvalue weighted by Gasteiger charge is -2.39. The summed E-state index contributed by atoms with van der Waals surface area (Å²) in [7, 11) is 0. The Hall–Kier alpha value is -1.59. The minimum atomic E-state index is -1.54. The van der Waals surface area contributed by atoms with Crippen molar-refractivity contribution in [3.8, 4) is 0 Å². The van der Waals surface area contributed by atoms with Crippen LogP contribution in [0.2, 0.25) is 0 Å². The number of hydrogen-bond donors (Lipinski definition) is 4. The zero-order chi connectivity index (χ0) is 42.9. The Bertz CT molecular complexity index is 999. The lowest BCUT2D eigenvalue weighted by molar-refractivity contribution is -0.305. The summed E-state index contributed by atoms with van der Waals surface area (Å²) in [5, 5.41) is 40.2. The van der Waals surface area contributed by atoms with Gasteiger partial charge in [0.05, 0.1) is 19.8 Å². The van der Waals surface area contributed by atoms with Crippen LogP contribution in [0.5, 0.6) is 0 Å². The topological polar surface area (TPSA) is 135 Å². The number of ether oxygens (including phenoxy) is 4. The number of aliphatic hydroxyl groups excluding tert-OH is 4. The molecule has 1 heterocycles. The number of rotatable bonds is 42. The first-order valence-corrected chi connectivity index (χ1v) is 24.6. The monoisotopic (exact) mass is 837 g/mol. The van der Waals surface area contributed by atoms with Crippen molar-refractivity contribution in [2.75, 3.05) is 26.4 Å². The first-order chi connectivity index (χ1) is 28.9. The molecule has 346 valence electrons. The van der Waals surface area contributed by atoms with Crippen LogP contribution in [0.4, 0.5) is 0 Å². The summed E-state index contributed by atoms with van der Waals surface area (Å²) in [6.07, 6.45) is 43.2. The van der Waals surface area contributed by atoms with Crippen molar-refractivity contribution in [1.82, 2.24) is 0 Å². The van der Waals surface area contributed by atoms with Crippen molar-refractivity contribution in [2.24, 2.45) is 0 Å². The number of esters is 1. The van der Waals surface area contributed by atoms with Crippen LogP contribution in [0.3, 0.4) is 0 Å². The molecule has 6 unspecified atom stereocenters. The number of unbranched alkanes of at least 4 members (excludes halogenated alkanes) is 25. The van der Waals surface area contributed by atoms with Crippen molar-refractivity contribution >= 4 is 5.97 Å². The van der Waals surface area contributed by atoms with Gasteiger partial charge in [0.15, 0.2) is 6.29 Å². The molecule has 59 heavy (non-hydrogen) atoms. The molecular weight excluding hydrogens is 745 g/mol. The van der Waals surface area contributed by atoms with E-state index in [4.69, 9.17) is 18.9 Å². The second-order valence-corrected chi connectivity index (χ2v) is 16.9. The Morgan fingerprint density at radius 3 is 1.51 bits per heavy atom. The third-order valence-corrected chi connectivity index (χ3v) is 11.3. The Labute approximate surface area is 361 Å². The second-order valence-electron chi connectivity index (χ2n) is 16.9. The van der Waals surface area contributed by atoms with Crippen LogP contribution in [0, 0.1) is 0 Å². The van der Waals surface area contributed by atoms with Crippen LogP contribution in [0.25, 0.3) is 0 Å². The van der Waals surface area contributed by atoms with Crippen LogP contribution >= 0.6 is 0 Å². The first-order valence-electron chi connectivity index (χ1n) is 24.6. The van der Waals surface area contributed by atoms with E-state index in [2.05, 4.69) is 50.3 Å². The predicted octanol–water partition coefficient (Wildman–Crippen LogP) is 11.5. The first kappa shape index (κ1) is 55.4. The van der Waals surface area contributed by atoms with Gasteiger partial charge < -0.3 is 39.4 Å². The van der Waals surface area contributed by atoms with Gasteiger partial charge in [-0.2, -0.15) is 0 Å². The van der Waals surface area contributed by atoms with Gasteiger partial charge in [-0.25, -0.2) is 0 Å². The fourth-order valence-electron chi connectivity index (χ4n) is 7.40. The van der Waals surface area contributed by atoms with Crippen molar-refractivity contribution < 1.29 is 44.2 Å². The summed E-state index contributed by atoms with van der Waals surface area (Å²) in [6, 6.07) is 0. The number of allylic oxidation sites excluding steroid dienone is 6. The lowest BCUT2D eigenvalue weighted by Crippen LogP contribution is -2.59. The zero-order valence-electron chi connectivity index (χ0n) is 38.0. The van der Waals surface area contributed by atoms with Gasteiger partial charge in [-0.15, -0.1) is 0 Å². The summed E-state index contributed by atoms with van der Waals surface area (Å²) in [5.74, 6) is -0.317. The van der Waals surface area contributed by atoms with Gasteiger partial charge in [-0.1, -0.05) is 172 Å². The third-order valence-electron chi connectivity index (χ3n) is 11.3. The maximum absolute atomic E-state index is 12.8. The van der Waals surface area contributed by atoms with Gasteiger partial charge in [-0.05, 0) is 70.6 Å². The average molecular weight is 837 g/mol. The molecule has 1 aliphatic heterocycles. The number of carbonyl (C=O) groups is 1. The van der Waals surface area contributed by atoms with E-state index in [9.17, 15) is 25.2 Å². The third kappa shape index (κ3) is 32.7. The quantitative estimate of drug-likeness (QED) is 0.0269. The van der Waals surface area contributed by atoms with E-state index in [1.165, 1.54) is 148 Å². The zero-order valence-corrected chi connectivity index (χ0v) is 38.0. The van der Waals surface area contributed by atoms with Crippen LogP contribution in [0.15, 0.2) is 36.5 Å². The van der Waals surface area contributed by atoms with Crippen LogP contribution < -0.4 is 0 Å². The van der Waals surface area contributed by atoms with E-state index in [1.54, 1.807) is 0 Å². The summed E-state index contributed by atoms with van der Waals surface area (Å²) in [4.78, 5) is 12.8. The molecule has 9 heteroatoms. The molecule has 0 aromatic carbocycles. The van der Waals surface area contributed by atoms with Gasteiger partial charge in [-0.3, -0.25) is 4.79 Å². The Balaban J connectivity index is 2.20. The van der Waals surface area contributed by atoms with Crippen LogP contribution in [-0.2, 0) is 23.7 Å². The molecule has 0 saturated carbocycles. The molecular formula is C50H92O9. The predicted molar refractivity (Wildman–Crippen MR) is 242 cm³/mol. The molecule has 1 rings (SSSR count). The van der Waals surface area contributed by atoms with E-state index in [0.717, 1.165) is 44.9 Å².